The monoisotopic (exact) mass is 293 g/mol. The highest BCUT2D eigenvalue weighted by Gasteiger charge is 2.68. The van der Waals surface area contributed by atoms with E-state index in [1.807, 2.05) is 0 Å². The Hall–Kier alpha value is -0.403. The van der Waals surface area contributed by atoms with Crippen LogP contribution in [0.3, 0.4) is 0 Å². The summed E-state index contributed by atoms with van der Waals surface area (Å²) in [6, 6.07) is 0.395. The van der Waals surface area contributed by atoms with Gasteiger partial charge in [0.25, 0.3) is 0 Å². The highest BCUT2D eigenvalue weighted by atomic mass is 32.2. The molecule has 1 rings (SSSR count). The van der Waals surface area contributed by atoms with Gasteiger partial charge in [-0.05, 0) is 19.9 Å². The van der Waals surface area contributed by atoms with Crippen LogP contribution >= 0.6 is 0 Å². The maximum absolute atomic E-state index is 12.2. The first kappa shape index (κ1) is 15.7. The molecule has 3 atom stereocenters. The number of rotatable bonds is 5. The standard InChI is InChI=1S/C11H23NO4SSi/c1-9-11(2,10(13)16-3)12(9)17(14,15)7-8-18(4,5)6/h9H,7-8H2,1-6H3. The Labute approximate surface area is 111 Å². The smallest absolute Gasteiger partial charge is 0.328 e. The van der Waals surface area contributed by atoms with Crippen molar-refractivity contribution < 1.29 is 17.9 Å². The number of nitrogens with zero attached hydrogens (tertiary/aromatic N) is 1. The van der Waals surface area contributed by atoms with Crippen molar-refractivity contribution in [2.24, 2.45) is 0 Å². The molecule has 106 valence electrons. The van der Waals surface area contributed by atoms with Crippen molar-refractivity contribution in [3.63, 3.8) is 0 Å². The second-order valence-corrected chi connectivity index (χ2v) is 13.8. The molecule has 0 N–H and O–H groups in total. The summed E-state index contributed by atoms with van der Waals surface area (Å²) in [6.45, 7) is 9.76. The van der Waals surface area contributed by atoms with Gasteiger partial charge in [-0.3, -0.25) is 0 Å². The van der Waals surface area contributed by atoms with Gasteiger partial charge in [0.2, 0.25) is 10.0 Å². The maximum atomic E-state index is 12.2. The third kappa shape index (κ3) is 2.78. The Morgan fingerprint density at radius 3 is 2.28 bits per heavy atom. The van der Waals surface area contributed by atoms with Crippen molar-refractivity contribution in [2.75, 3.05) is 12.9 Å². The summed E-state index contributed by atoms with van der Waals surface area (Å²) >= 11 is 0. The molecule has 0 aromatic carbocycles. The van der Waals surface area contributed by atoms with Crippen molar-refractivity contribution in [2.45, 2.75) is 51.1 Å². The second kappa shape index (κ2) is 4.61. The minimum absolute atomic E-state index is 0.125. The predicted octanol–water partition coefficient (Wildman–Crippen LogP) is 1.29. The van der Waals surface area contributed by atoms with Gasteiger partial charge >= 0.3 is 5.97 Å². The maximum Gasteiger partial charge on any atom is 0.328 e. The number of sulfonamides is 1. The average Bonchev–Trinajstić information content (AvgIpc) is 2.79. The van der Waals surface area contributed by atoms with Crippen LogP contribution in [0.2, 0.25) is 25.7 Å². The lowest BCUT2D eigenvalue weighted by Crippen LogP contribution is -2.33. The summed E-state index contributed by atoms with van der Waals surface area (Å²) < 4.78 is 30.4. The predicted molar refractivity (Wildman–Crippen MR) is 73.7 cm³/mol. The fourth-order valence-corrected chi connectivity index (χ4v) is 7.17. The lowest BCUT2D eigenvalue weighted by atomic mass is 10.1. The van der Waals surface area contributed by atoms with Crippen LogP contribution in [-0.4, -0.2) is 51.2 Å². The lowest BCUT2D eigenvalue weighted by molar-refractivity contribution is -0.143. The molecule has 1 fully saturated rings. The normalized spacial score (nSPS) is 32.1. The zero-order chi connectivity index (χ0) is 14.4. The van der Waals surface area contributed by atoms with Crippen LogP contribution in [0.4, 0.5) is 0 Å². The van der Waals surface area contributed by atoms with Gasteiger partial charge in [-0.2, -0.15) is 4.31 Å². The van der Waals surface area contributed by atoms with Crippen molar-refractivity contribution in [1.82, 2.24) is 4.31 Å². The first-order valence-electron chi connectivity index (χ1n) is 6.07. The Kier molecular flexibility index (Phi) is 4.01. The SMILES string of the molecule is COC(=O)C1(C)C(C)N1S(=O)(=O)CC[Si](C)(C)C. The van der Waals surface area contributed by atoms with E-state index >= 15 is 0 Å². The number of hydrogen-bond acceptors (Lipinski definition) is 4. The summed E-state index contributed by atoms with van der Waals surface area (Å²) in [7, 11) is -3.49. The molecule has 7 heteroatoms. The zero-order valence-corrected chi connectivity index (χ0v) is 13.8. The fourth-order valence-electron chi connectivity index (χ4n) is 2.05. The van der Waals surface area contributed by atoms with Crippen molar-refractivity contribution in [3.8, 4) is 0 Å². The van der Waals surface area contributed by atoms with E-state index in [-0.39, 0.29) is 11.8 Å². The summed E-state index contributed by atoms with van der Waals surface area (Å²) in [4.78, 5) is 11.6. The van der Waals surface area contributed by atoms with Crippen LogP contribution in [0.1, 0.15) is 13.8 Å². The molecule has 1 heterocycles. The molecular formula is C11H23NO4SSi. The molecule has 1 saturated heterocycles. The van der Waals surface area contributed by atoms with Crippen LogP contribution in [-0.2, 0) is 19.6 Å². The van der Waals surface area contributed by atoms with E-state index in [0.717, 1.165) is 0 Å². The highest BCUT2D eigenvalue weighted by molar-refractivity contribution is 7.89. The van der Waals surface area contributed by atoms with Gasteiger partial charge in [-0.1, -0.05) is 19.6 Å². The summed E-state index contributed by atoms with van der Waals surface area (Å²) in [6.07, 6.45) is 0. The van der Waals surface area contributed by atoms with Gasteiger partial charge in [-0.25, -0.2) is 13.2 Å². The lowest BCUT2D eigenvalue weighted by Gasteiger charge is -2.17. The molecule has 0 aromatic heterocycles. The van der Waals surface area contributed by atoms with Gasteiger partial charge in [-0.15, -0.1) is 0 Å². The largest absolute Gasteiger partial charge is 0.468 e. The molecule has 5 nitrogen and oxygen atoms in total. The Morgan fingerprint density at radius 1 is 1.39 bits per heavy atom. The topological polar surface area (TPSA) is 63.5 Å². The molecule has 0 amide bonds. The minimum Gasteiger partial charge on any atom is -0.468 e. The van der Waals surface area contributed by atoms with Gasteiger partial charge in [0, 0.05) is 8.07 Å². The van der Waals surface area contributed by atoms with Crippen LogP contribution < -0.4 is 0 Å². The molecule has 0 saturated carbocycles. The first-order chi connectivity index (χ1) is 7.97. The zero-order valence-electron chi connectivity index (χ0n) is 12.0. The van der Waals surface area contributed by atoms with E-state index in [0.29, 0.717) is 6.04 Å². The minimum atomic E-state index is -3.36. The third-order valence-corrected chi connectivity index (χ3v) is 7.69. The van der Waals surface area contributed by atoms with E-state index < -0.39 is 29.6 Å². The second-order valence-electron chi connectivity index (χ2n) is 6.24. The Bertz CT molecular complexity index is 442. The van der Waals surface area contributed by atoms with E-state index in [2.05, 4.69) is 24.4 Å². The molecule has 0 aliphatic carbocycles. The molecular weight excluding hydrogens is 270 g/mol. The van der Waals surface area contributed by atoms with Crippen LogP contribution in [0, 0.1) is 0 Å². The van der Waals surface area contributed by atoms with Gasteiger partial charge in [0.15, 0.2) is 0 Å². The summed E-state index contributed by atoms with van der Waals surface area (Å²) in [5.41, 5.74) is -1.01. The van der Waals surface area contributed by atoms with E-state index in [9.17, 15) is 13.2 Å². The molecule has 1 aliphatic heterocycles. The molecule has 0 bridgehead atoms. The quantitative estimate of drug-likeness (QED) is 0.435. The van der Waals surface area contributed by atoms with E-state index in [1.165, 1.54) is 11.4 Å². The molecule has 3 unspecified atom stereocenters. The van der Waals surface area contributed by atoms with Crippen molar-refractivity contribution in [3.05, 3.63) is 0 Å². The van der Waals surface area contributed by atoms with Crippen molar-refractivity contribution >= 4 is 24.1 Å². The number of hydrogen-bond donors (Lipinski definition) is 0. The Morgan fingerprint density at radius 2 is 1.89 bits per heavy atom. The third-order valence-electron chi connectivity index (χ3n) is 3.56. The fraction of sp³-hybridized carbons (Fsp3) is 0.909. The Balaban J connectivity index is 2.81. The highest BCUT2D eigenvalue weighted by Crippen LogP contribution is 2.44. The molecule has 0 radical (unpaired) electrons. The van der Waals surface area contributed by atoms with E-state index in [1.54, 1.807) is 13.8 Å². The molecule has 0 aromatic rings. The molecule has 0 spiro atoms. The van der Waals surface area contributed by atoms with E-state index in [4.69, 9.17) is 0 Å². The summed E-state index contributed by atoms with van der Waals surface area (Å²) in [5.74, 6) is -0.355. The van der Waals surface area contributed by atoms with Crippen LogP contribution in [0.25, 0.3) is 0 Å². The number of esters is 1. The van der Waals surface area contributed by atoms with Crippen LogP contribution in [0.5, 0.6) is 0 Å². The van der Waals surface area contributed by atoms with Crippen LogP contribution in [0.15, 0.2) is 0 Å². The molecule has 18 heavy (non-hydrogen) atoms. The number of carbonyl (C=O) groups excluding carboxylic acids is 1. The summed E-state index contributed by atoms with van der Waals surface area (Å²) in [5, 5.41) is 0. The van der Waals surface area contributed by atoms with Gasteiger partial charge in [0.05, 0.1) is 18.9 Å². The number of ether oxygens (including phenoxy) is 1. The molecule has 1 aliphatic rings. The van der Waals surface area contributed by atoms with Gasteiger partial charge in [0.1, 0.15) is 5.54 Å². The number of methoxy groups -OCH3 is 1. The van der Waals surface area contributed by atoms with Gasteiger partial charge < -0.3 is 4.74 Å². The van der Waals surface area contributed by atoms with Crippen molar-refractivity contribution in [1.29, 1.82) is 0 Å². The first-order valence-corrected chi connectivity index (χ1v) is 11.4. The average molecular weight is 293 g/mol. The number of carbonyl (C=O) groups is 1.